The highest BCUT2D eigenvalue weighted by atomic mass is 35.5. The summed E-state index contributed by atoms with van der Waals surface area (Å²) < 4.78 is 9.85. The molecule has 0 unspecified atom stereocenters. The van der Waals surface area contributed by atoms with E-state index < -0.39 is 11.9 Å². The molecule has 0 saturated carbocycles. The quantitative estimate of drug-likeness (QED) is 0.773. The second-order valence-electron chi connectivity index (χ2n) is 3.76. The predicted molar refractivity (Wildman–Crippen MR) is 87.9 cm³/mol. The Labute approximate surface area is 138 Å². The van der Waals surface area contributed by atoms with E-state index in [4.69, 9.17) is 21.1 Å². The largest absolute Gasteiger partial charge is 0.462 e. The number of carbonyl (C=O) groups excluding carboxylic acids is 2. The van der Waals surface area contributed by atoms with Crippen molar-refractivity contribution in [3.8, 4) is 0 Å². The van der Waals surface area contributed by atoms with Crippen LogP contribution in [-0.2, 0) is 9.47 Å². The van der Waals surface area contributed by atoms with Crippen LogP contribution in [0.1, 0.15) is 48.5 Å². The molecule has 0 bridgehead atoms. The highest BCUT2D eigenvalue weighted by Gasteiger charge is 2.26. The van der Waals surface area contributed by atoms with E-state index >= 15 is 0 Å². The average molecular weight is 344 g/mol. The molecule has 5 nitrogen and oxygen atoms in total. The molecular formula is C15H18ClNO4S. The maximum atomic E-state index is 12.0. The first-order valence-electron chi connectivity index (χ1n) is 6.99. The molecule has 0 aliphatic rings. The molecular weight excluding hydrogens is 326 g/mol. The van der Waals surface area contributed by atoms with Gasteiger partial charge in [0.15, 0.2) is 5.69 Å². The Morgan fingerprint density at radius 2 is 1.73 bits per heavy atom. The van der Waals surface area contributed by atoms with E-state index in [2.05, 4.69) is 4.98 Å². The summed E-state index contributed by atoms with van der Waals surface area (Å²) in [5.41, 5.74) is 0.398. The number of rotatable bonds is 4. The molecule has 0 aromatic carbocycles. The highest BCUT2D eigenvalue weighted by molar-refractivity contribution is 7.09. The summed E-state index contributed by atoms with van der Waals surface area (Å²) in [6, 6.07) is 0. The fourth-order valence-corrected chi connectivity index (χ4v) is 2.83. The lowest BCUT2D eigenvalue weighted by Gasteiger charge is -2.10. The lowest BCUT2D eigenvalue weighted by atomic mass is 10.1. The summed E-state index contributed by atoms with van der Waals surface area (Å²) >= 11 is 7.60. The topological polar surface area (TPSA) is 65.5 Å². The van der Waals surface area contributed by atoms with Crippen molar-refractivity contribution in [2.75, 3.05) is 13.2 Å². The van der Waals surface area contributed by atoms with Crippen molar-refractivity contribution < 1.29 is 19.1 Å². The van der Waals surface area contributed by atoms with E-state index in [1.54, 1.807) is 24.6 Å². The zero-order chi connectivity index (χ0) is 16.7. The van der Waals surface area contributed by atoms with Crippen molar-refractivity contribution in [2.24, 2.45) is 0 Å². The van der Waals surface area contributed by atoms with Crippen LogP contribution in [0.25, 0.3) is 10.9 Å². The SMILES string of the molecule is CC.CCOC(=O)c1nc2cscc2c(Cl)c1C(=O)OCC. The van der Waals surface area contributed by atoms with Gasteiger partial charge >= 0.3 is 11.9 Å². The minimum atomic E-state index is -0.689. The Kier molecular flexibility index (Phi) is 7.27. The summed E-state index contributed by atoms with van der Waals surface area (Å²) in [6.45, 7) is 7.71. The number of aromatic nitrogens is 1. The van der Waals surface area contributed by atoms with Gasteiger partial charge in [-0.1, -0.05) is 25.4 Å². The van der Waals surface area contributed by atoms with Crippen molar-refractivity contribution in [1.29, 1.82) is 0 Å². The number of carbonyl (C=O) groups is 2. The molecule has 120 valence electrons. The van der Waals surface area contributed by atoms with E-state index in [1.165, 1.54) is 11.3 Å². The number of pyridine rings is 1. The van der Waals surface area contributed by atoms with Crippen LogP contribution in [0, 0.1) is 0 Å². The van der Waals surface area contributed by atoms with Gasteiger partial charge in [-0.2, -0.15) is 0 Å². The minimum Gasteiger partial charge on any atom is -0.462 e. The zero-order valence-corrected chi connectivity index (χ0v) is 14.5. The van der Waals surface area contributed by atoms with Crippen molar-refractivity contribution in [1.82, 2.24) is 4.98 Å². The number of halogens is 1. The van der Waals surface area contributed by atoms with Crippen LogP contribution in [0.2, 0.25) is 5.02 Å². The molecule has 0 aliphatic heterocycles. The second-order valence-corrected chi connectivity index (χ2v) is 4.88. The first-order valence-corrected chi connectivity index (χ1v) is 8.31. The Morgan fingerprint density at radius 1 is 1.14 bits per heavy atom. The van der Waals surface area contributed by atoms with Crippen molar-refractivity contribution in [3.63, 3.8) is 0 Å². The highest BCUT2D eigenvalue weighted by Crippen LogP contribution is 2.31. The van der Waals surface area contributed by atoms with Gasteiger partial charge in [-0.3, -0.25) is 0 Å². The van der Waals surface area contributed by atoms with Crippen molar-refractivity contribution >= 4 is 45.8 Å². The molecule has 7 heteroatoms. The van der Waals surface area contributed by atoms with Crippen LogP contribution in [0.4, 0.5) is 0 Å². The molecule has 0 aliphatic carbocycles. The number of esters is 2. The molecule has 0 fully saturated rings. The van der Waals surface area contributed by atoms with Crippen LogP contribution in [0.15, 0.2) is 10.8 Å². The number of ether oxygens (including phenoxy) is 2. The summed E-state index contributed by atoms with van der Waals surface area (Å²) in [7, 11) is 0. The summed E-state index contributed by atoms with van der Waals surface area (Å²) in [4.78, 5) is 28.1. The molecule has 22 heavy (non-hydrogen) atoms. The summed E-state index contributed by atoms with van der Waals surface area (Å²) in [5.74, 6) is -1.37. The van der Waals surface area contributed by atoms with Gasteiger partial charge in [0.05, 0.1) is 23.8 Å². The predicted octanol–water partition coefficient (Wildman–Crippen LogP) is 4.33. The lowest BCUT2D eigenvalue weighted by Crippen LogP contribution is -2.16. The van der Waals surface area contributed by atoms with Crippen LogP contribution < -0.4 is 0 Å². The molecule has 0 saturated heterocycles. The standard InChI is InChI=1S/C13H12ClNO4S.C2H6/c1-3-18-12(16)9-10(14)7-5-20-6-8(7)15-11(9)13(17)19-4-2;1-2/h5-6H,3-4H2,1-2H3;1-2H3. The first kappa shape index (κ1) is 18.4. The van der Waals surface area contributed by atoms with E-state index in [9.17, 15) is 9.59 Å². The molecule has 0 N–H and O–H groups in total. The van der Waals surface area contributed by atoms with Gasteiger partial charge in [-0.15, -0.1) is 11.3 Å². The van der Waals surface area contributed by atoms with E-state index in [1.807, 2.05) is 13.8 Å². The normalized spacial score (nSPS) is 9.86. The average Bonchev–Trinajstić information content (AvgIpc) is 2.98. The number of hydrogen-bond acceptors (Lipinski definition) is 6. The second kappa shape index (κ2) is 8.70. The van der Waals surface area contributed by atoms with E-state index in [-0.39, 0.29) is 29.5 Å². The molecule has 0 atom stereocenters. The maximum Gasteiger partial charge on any atom is 0.357 e. The van der Waals surface area contributed by atoms with Crippen LogP contribution in [0.5, 0.6) is 0 Å². The van der Waals surface area contributed by atoms with Gasteiger partial charge in [-0.25, -0.2) is 14.6 Å². The van der Waals surface area contributed by atoms with Gasteiger partial charge in [0.2, 0.25) is 0 Å². The van der Waals surface area contributed by atoms with Crippen molar-refractivity contribution in [2.45, 2.75) is 27.7 Å². The Hall–Kier alpha value is -1.66. The zero-order valence-electron chi connectivity index (χ0n) is 12.9. The fraction of sp³-hybridized carbons (Fsp3) is 0.400. The van der Waals surface area contributed by atoms with Crippen molar-refractivity contribution in [3.05, 3.63) is 27.0 Å². The van der Waals surface area contributed by atoms with Gasteiger partial charge in [-0.05, 0) is 13.8 Å². The molecule has 0 radical (unpaired) electrons. The summed E-state index contributed by atoms with van der Waals surface area (Å²) in [5, 5.41) is 4.30. The maximum absolute atomic E-state index is 12.0. The molecule has 2 heterocycles. The van der Waals surface area contributed by atoms with Crippen LogP contribution in [-0.4, -0.2) is 30.1 Å². The molecule has 2 aromatic rings. The minimum absolute atomic E-state index is 0.0436. The number of thiophene rings is 1. The van der Waals surface area contributed by atoms with Gasteiger partial charge in [0.25, 0.3) is 0 Å². The van der Waals surface area contributed by atoms with Crippen LogP contribution >= 0.6 is 22.9 Å². The molecule has 2 rings (SSSR count). The number of nitrogens with zero attached hydrogens (tertiary/aromatic N) is 1. The third-order valence-corrected chi connectivity index (χ3v) is 3.64. The Balaban J connectivity index is 0.00000116. The summed E-state index contributed by atoms with van der Waals surface area (Å²) in [6.07, 6.45) is 0. The smallest absolute Gasteiger partial charge is 0.357 e. The lowest BCUT2D eigenvalue weighted by molar-refractivity contribution is 0.0474. The Bertz CT molecular complexity index is 669. The van der Waals surface area contributed by atoms with Gasteiger partial charge in [0.1, 0.15) is 5.56 Å². The third-order valence-electron chi connectivity index (χ3n) is 2.51. The van der Waals surface area contributed by atoms with Gasteiger partial charge in [0, 0.05) is 16.1 Å². The molecule has 2 aromatic heterocycles. The number of hydrogen-bond donors (Lipinski definition) is 0. The van der Waals surface area contributed by atoms with E-state index in [0.717, 1.165) is 0 Å². The Morgan fingerprint density at radius 3 is 2.32 bits per heavy atom. The van der Waals surface area contributed by atoms with E-state index in [0.29, 0.717) is 10.9 Å². The van der Waals surface area contributed by atoms with Crippen LogP contribution in [0.3, 0.4) is 0 Å². The number of fused-ring (bicyclic) bond motifs is 1. The molecule has 0 spiro atoms. The first-order chi connectivity index (χ1) is 10.6. The monoisotopic (exact) mass is 343 g/mol. The van der Waals surface area contributed by atoms with Gasteiger partial charge < -0.3 is 9.47 Å². The fourth-order valence-electron chi connectivity index (χ4n) is 1.69. The molecule has 0 amide bonds. The third kappa shape index (κ3) is 3.75.